The maximum absolute atomic E-state index is 11.3. The van der Waals surface area contributed by atoms with Crippen molar-refractivity contribution in [2.24, 2.45) is 0 Å². The molecule has 0 aromatic carbocycles. The molecule has 0 aliphatic carbocycles. The Balaban J connectivity index is 2.13. The summed E-state index contributed by atoms with van der Waals surface area (Å²) in [6.45, 7) is 4.64. The summed E-state index contributed by atoms with van der Waals surface area (Å²) in [5.74, 6) is 2.57. The van der Waals surface area contributed by atoms with Crippen LogP contribution in [-0.2, 0) is 17.3 Å². The molecular formula is C12H19N3OS. The SMILES string of the molecule is CNCc1cnc(N2CCS(=O)CC2)c(C)c1. The first-order valence-electron chi connectivity index (χ1n) is 5.91. The molecule has 1 saturated heterocycles. The first-order chi connectivity index (χ1) is 8.20. The van der Waals surface area contributed by atoms with Crippen molar-refractivity contribution < 1.29 is 4.21 Å². The molecule has 1 aromatic rings. The monoisotopic (exact) mass is 253 g/mol. The molecular weight excluding hydrogens is 234 g/mol. The standard InChI is InChI=1S/C12H19N3OS/c1-10-7-11(8-13-2)9-14-12(10)15-3-5-17(16)6-4-15/h7,9,13H,3-6,8H2,1-2H3. The van der Waals surface area contributed by atoms with Crippen molar-refractivity contribution in [3.05, 3.63) is 23.4 Å². The molecule has 0 saturated carbocycles. The van der Waals surface area contributed by atoms with E-state index in [4.69, 9.17) is 0 Å². The Hall–Kier alpha value is -0.940. The van der Waals surface area contributed by atoms with Crippen LogP contribution in [0.3, 0.4) is 0 Å². The first kappa shape index (κ1) is 12.5. The molecule has 1 N–H and O–H groups in total. The number of nitrogens with zero attached hydrogens (tertiary/aromatic N) is 2. The minimum atomic E-state index is -0.628. The van der Waals surface area contributed by atoms with E-state index in [0.29, 0.717) is 0 Å². The summed E-state index contributed by atoms with van der Waals surface area (Å²) in [5, 5.41) is 3.12. The summed E-state index contributed by atoms with van der Waals surface area (Å²) >= 11 is 0. The predicted molar refractivity (Wildman–Crippen MR) is 71.8 cm³/mol. The highest BCUT2D eigenvalue weighted by Crippen LogP contribution is 2.19. The highest BCUT2D eigenvalue weighted by atomic mass is 32.2. The number of nitrogens with one attached hydrogen (secondary N) is 1. The molecule has 0 bridgehead atoms. The summed E-state index contributed by atoms with van der Waals surface area (Å²) in [4.78, 5) is 6.77. The van der Waals surface area contributed by atoms with Crippen LogP contribution in [-0.4, -0.2) is 40.8 Å². The number of hydrogen-bond acceptors (Lipinski definition) is 4. The van der Waals surface area contributed by atoms with E-state index in [1.807, 2.05) is 13.2 Å². The topological polar surface area (TPSA) is 45.2 Å². The average molecular weight is 253 g/mol. The second kappa shape index (κ2) is 5.60. The largest absolute Gasteiger partial charge is 0.355 e. The molecule has 1 fully saturated rings. The Labute approximate surface area is 105 Å². The van der Waals surface area contributed by atoms with Crippen LogP contribution in [0.25, 0.3) is 0 Å². The van der Waals surface area contributed by atoms with Gasteiger partial charge in [0.2, 0.25) is 0 Å². The molecule has 94 valence electrons. The highest BCUT2D eigenvalue weighted by molar-refractivity contribution is 7.85. The molecule has 4 nitrogen and oxygen atoms in total. The van der Waals surface area contributed by atoms with Crippen LogP contribution < -0.4 is 10.2 Å². The number of hydrogen-bond donors (Lipinski definition) is 1. The van der Waals surface area contributed by atoms with Gasteiger partial charge in [-0.1, -0.05) is 0 Å². The van der Waals surface area contributed by atoms with Gasteiger partial charge in [-0.3, -0.25) is 4.21 Å². The van der Waals surface area contributed by atoms with Gasteiger partial charge in [0.1, 0.15) is 5.82 Å². The molecule has 2 heterocycles. The molecule has 17 heavy (non-hydrogen) atoms. The molecule has 0 spiro atoms. The molecule has 5 heteroatoms. The van der Waals surface area contributed by atoms with Crippen LogP contribution in [0, 0.1) is 6.92 Å². The Morgan fingerprint density at radius 2 is 2.18 bits per heavy atom. The van der Waals surface area contributed by atoms with Crippen molar-refractivity contribution >= 4 is 16.6 Å². The van der Waals surface area contributed by atoms with Gasteiger partial charge in [-0.25, -0.2) is 4.98 Å². The second-order valence-electron chi connectivity index (χ2n) is 4.35. The van der Waals surface area contributed by atoms with Crippen molar-refractivity contribution in [3.63, 3.8) is 0 Å². The van der Waals surface area contributed by atoms with Gasteiger partial charge in [0.25, 0.3) is 0 Å². The molecule has 2 rings (SSSR count). The van der Waals surface area contributed by atoms with E-state index in [2.05, 4.69) is 28.2 Å². The van der Waals surface area contributed by atoms with Crippen LogP contribution in [0.4, 0.5) is 5.82 Å². The van der Waals surface area contributed by atoms with Gasteiger partial charge in [0.05, 0.1) is 0 Å². The normalized spacial score (nSPS) is 17.4. The molecule has 1 aromatic heterocycles. The highest BCUT2D eigenvalue weighted by Gasteiger charge is 2.17. The number of rotatable bonds is 3. The fraction of sp³-hybridized carbons (Fsp3) is 0.583. The van der Waals surface area contributed by atoms with Crippen LogP contribution in [0.5, 0.6) is 0 Å². The van der Waals surface area contributed by atoms with Crippen molar-refractivity contribution in [3.8, 4) is 0 Å². The van der Waals surface area contributed by atoms with E-state index in [1.54, 1.807) is 0 Å². The van der Waals surface area contributed by atoms with Gasteiger partial charge in [-0.05, 0) is 31.2 Å². The zero-order valence-electron chi connectivity index (χ0n) is 10.4. The van der Waals surface area contributed by atoms with Crippen molar-refractivity contribution in [2.75, 3.05) is 36.5 Å². The van der Waals surface area contributed by atoms with Gasteiger partial charge >= 0.3 is 0 Å². The summed E-state index contributed by atoms with van der Waals surface area (Å²) in [5.41, 5.74) is 2.40. The molecule has 1 aliphatic rings. The molecule has 1 aliphatic heterocycles. The Morgan fingerprint density at radius 1 is 1.47 bits per heavy atom. The molecule has 0 radical (unpaired) electrons. The van der Waals surface area contributed by atoms with Crippen molar-refractivity contribution in [1.82, 2.24) is 10.3 Å². The number of aromatic nitrogens is 1. The quantitative estimate of drug-likeness (QED) is 0.860. The van der Waals surface area contributed by atoms with Crippen LogP contribution >= 0.6 is 0 Å². The number of anilines is 1. The van der Waals surface area contributed by atoms with E-state index in [9.17, 15) is 4.21 Å². The molecule has 0 atom stereocenters. The lowest BCUT2D eigenvalue weighted by molar-refractivity contribution is 0.672. The summed E-state index contributed by atoms with van der Waals surface area (Å²) in [7, 11) is 1.31. The average Bonchev–Trinajstić information content (AvgIpc) is 2.31. The predicted octanol–water partition coefficient (Wildman–Crippen LogP) is 0.678. The maximum Gasteiger partial charge on any atom is 0.131 e. The van der Waals surface area contributed by atoms with Gasteiger partial charge in [0.15, 0.2) is 0 Å². The van der Waals surface area contributed by atoms with Crippen LogP contribution in [0.2, 0.25) is 0 Å². The van der Waals surface area contributed by atoms with Gasteiger partial charge in [-0.2, -0.15) is 0 Å². The number of aryl methyl sites for hydroxylation is 1. The zero-order valence-corrected chi connectivity index (χ0v) is 11.2. The summed E-state index contributed by atoms with van der Waals surface area (Å²) < 4.78 is 11.3. The van der Waals surface area contributed by atoms with E-state index in [1.165, 1.54) is 11.1 Å². The van der Waals surface area contributed by atoms with Crippen LogP contribution in [0.15, 0.2) is 12.3 Å². The Kier molecular flexibility index (Phi) is 4.12. The third kappa shape index (κ3) is 3.04. The van der Waals surface area contributed by atoms with Gasteiger partial charge in [0, 0.05) is 48.1 Å². The van der Waals surface area contributed by atoms with E-state index in [0.717, 1.165) is 37.0 Å². The molecule has 0 amide bonds. The summed E-state index contributed by atoms with van der Waals surface area (Å²) in [6.07, 6.45) is 1.92. The van der Waals surface area contributed by atoms with Crippen molar-refractivity contribution in [1.29, 1.82) is 0 Å². The Morgan fingerprint density at radius 3 is 2.76 bits per heavy atom. The first-order valence-corrected chi connectivity index (χ1v) is 7.39. The lowest BCUT2D eigenvalue weighted by Gasteiger charge is -2.28. The van der Waals surface area contributed by atoms with E-state index in [-0.39, 0.29) is 0 Å². The lowest BCUT2D eigenvalue weighted by atomic mass is 10.2. The minimum absolute atomic E-state index is 0.628. The maximum atomic E-state index is 11.3. The lowest BCUT2D eigenvalue weighted by Crippen LogP contribution is -2.38. The fourth-order valence-electron chi connectivity index (χ4n) is 2.11. The molecule has 0 unspecified atom stereocenters. The van der Waals surface area contributed by atoms with Crippen LogP contribution in [0.1, 0.15) is 11.1 Å². The minimum Gasteiger partial charge on any atom is -0.355 e. The zero-order chi connectivity index (χ0) is 12.3. The fourth-order valence-corrected chi connectivity index (χ4v) is 3.16. The third-order valence-corrected chi connectivity index (χ3v) is 4.24. The second-order valence-corrected chi connectivity index (χ2v) is 6.05. The van der Waals surface area contributed by atoms with E-state index >= 15 is 0 Å². The van der Waals surface area contributed by atoms with E-state index < -0.39 is 10.8 Å². The third-order valence-electron chi connectivity index (χ3n) is 2.97. The van der Waals surface area contributed by atoms with Gasteiger partial charge < -0.3 is 10.2 Å². The Bertz CT molecular complexity index is 412. The van der Waals surface area contributed by atoms with Crippen molar-refractivity contribution in [2.45, 2.75) is 13.5 Å². The smallest absolute Gasteiger partial charge is 0.131 e. The number of pyridine rings is 1. The van der Waals surface area contributed by atoms with Gasteiger partial charge in [-0.15, -0.1) is 0 Å². The summed E-state index contributed by atoms with van der Waals surface area (Å²) in [6, 6.07) is 2.17.